The predicted octanol–water partition coefficient (Wildman–Crippen LogP) is -1.13. The van der Waals surface area contributed by atoms with Crippen molar-refractivity contribution in [2.24, 2.45) is 5.73 Å². The maximum atomic E-state index is 10.2. The first-order valence-electron chi connectivity index (χ1n) is 2.03. The molecule has 1 rings (SSSR count). The van der Waals surface area contributed by atoms with Gasteiger partial charge in [0.1, 0.15) is 0 Å². The van der Waals surface area contributed by atoms with Gasteiger partial charge in [-0.1, -0.05) is 0 Å². The number of primary amides is 1. The van der Waals surface area contributed by atoms with Crippen LogP contribution in [-0.2, 0) is 0 Å². The molecule has 1 amide bonds. The van der Waals surface area contributed by atoms with Crippen LogP contribution in [-0.4, -0.2) is 21.3 Å². The number of rotatable bonds is 1. The van der Waals surface area contributed by atoms with E-state index in [1.807, 2.05) is 0 Å². The standard InChI is InChI=1S/C3H3N3O3/c4-2(7)1-3(8)6-9-5-1/h(H2,4,7)(H,6,8). The molecule has 0 unspecified atom stereocenters. The number of nitrogens with two attached hydrogens (primary N) is 1. The van der Waals surface area contributed by atoms with E-state index in [9.17, 15) is 4.79 Å². The Hall–Kier alpha value is -1.59. The largest absolute Gasteiger partial charge is 0.489 e. The summed E-state index contributed by atoms with van der Waals surface area (Å²) in [5, 5.41) is 14.5. The van der Waals surface area contributed by atoms with E-state index >= 15 is 0 Å². The van der Waals surface area contributed by atoms with Gasteiger partial charge < -0.3 is 10.8 Å². The number of hydrogen-bond acceptors (Lipinski definition) is 5. The quantitative estimate of drug-likeness (QED) is 0.499. The molecular weight excluding hydrogens is 126 g/mol. The minimum absolute atomic E-state index is 0.352. The molecule has 0 fully saturated rings. The van der Waals surface area contributed by atoms with Crippen LogP contribution in [0.25, 0.3) is 0 Å². The summed E-state index contributed by atoms with van der Waals surface area (Å²) in [4.78, 5) is 10.2. The van der Waals surface area contributed by atoms with Crippen LogP contribution in [0.4, 0.5) is 0 Å². The fraction of sp³-hybridized carbons (Fsp3) is 0. The number of aromatic hydroxyl groups is 1. The lowest BCUT2D eigenvalue weighted by molar-refractivity contribution is 0.0989. The molecule has 0 bridgehead atoms. The molecule has 0 saturated heterocycles. The van der Waals surface area contributed by atoms with Crippen molar-refractivity contribution < 1.29 is 14.5 Å². The molecule has 0 atom stereocenters. The van der Waals surface area contributed by atoms with Crippen molar-refractivity contribution in [2.45, 2.75) is 0 Å². The van der Waals surface area contributed by atoms with Gasteiger partial charge >= 0.3 is 0 Å². The van der Waals surface area contributed by atoms with E-state index in [2.05, 4.69) is 14.9 Å². The Balaban J connectivity index is 3.08. The molecule has 48 valence electrons. The molecule has 1 heterocycles. The number of amides is 1. The van der Waals surface area contributed by atoms with Crippen LogP contribution in [0.5, 0.6) is 5.88 Å². The van der Waals surface area contributed by atoms with Crippen molar-refractivity contribution in [1.82, 2.24) is 10.3 Å². The highest BCUT2D eigenvalue weighted by atomic mass is 16.6. The molecule has 1 aromatic heterocycles. The van der Waals surface area contributed by atoms with Crippen LogP contribution in [0, 0.1) is 0 Å². The summed E-state index contributed by atoms with van der Waals surface area (Å²) in [5.74, 6) is -1.45. The van der Waals surface area contributed by atoms with E-state index in [1.54, 1.807) is 0 Å². The monoisotopic (exact) mass is 129 g/mol. The Morgan fingerprint density at radius 3 is 2.56 bits per heavy atom. The van der Waals surface area contributed by atoms with Crippen molar-refractivity contribution in [3.05, 3.63) is 5.69 Å². The van der Waals surface area contributed by atoms with Gasteiger partial charge in [0.15, 0.2) is 0 Å². The van der Waals surface area contributed by atoms with Gasteiger partial charge in [0.2, 0.25) is 5.69 Å². The molecule has 0 aliphatic carbocycles. The van der Waals surface area contributed by atoms with Gasteiger partial charge in [0, 0.05) is 0 Å². The van der Waals surface area contributed by atoms with Crippen molar-refractivity contribution in [3.63, 3.8) is 0 Å². The zero-order valence-corrected chi connectivity index (χ0v) is 4.24. The zero-order chi connectivity index (χ0) is 6.85. The Morgan fingerprint density at radius 2 is 2.33 bits per heavy atom. The molecule has 0 spiro atoms. The summed E-state index contributed by atoms with van der Waals surface area (Å²) in [6.45, 7) is 0. The minimum Gasteiger partial charge on any atom is -0.489 e. The smallest absolute Gasteiger partial charge is 0.286 e. The van der Waals surface area contributed by atoms with Crippen LogP contribution in [0.2, 0.25) is 0 Å². The molecule has 1 aromatic rings. The highest BCUT2D eigenvalue weighted by Gasteiger charge is 2.12. The summed E-state index contributed by atoms with van der Waals surface area (Å²) >= 11 is 0. The molecule has 0 aliphatic heterocycles. The summed E-state index contributed by atoms with van der Waals surface area (Å²) in [7, 11) is 0. The third-order valence-corrected chi connectivity index (χ3v) is 0.705. The van der Waals surface area contributed by atoms with Gasteiger partial charge in [-0.2, -0.15) is 0 Å². The zero-order valence-electron chi connectivity index (χ0n) is 4.24. The van der Waals surface area contributed by atoms with Gasteiger partial charge in [-0.25, -0.2) is 4.63 Å². The molecule has 6 nitrogen and oxygen atoms in total. The van der Waals surface area contributed by atoms with Crippen LogP contribution in [0.3, 0.4) is 0 Å². The number of carbonyl (C=O) groups excluding carboxylic acids is 1. The van der Waals surface area contributed by atoms with E-state index in [0.29, 0.717) is 0 Å². The lowest BCUT2D eigenvalue weighted by atomic mass is 10.4. The highest BCUT2D eigenvalue weighted by Crippen LogP contribution is 2.06. The summed E-state index contributed by atoms with van der Waals surface area (Å²) in [5.41, 5.74) is 4.35. The topological polar surface area (TPSA) is 102 Å². The molecular formula is C3H3N3O3. The number of carbonyl (C=O) groups is 1. The van der Waals surface area contributed by atoms with E-state index in [1.165, 1.54) is 0 Å². The Labute approximate surface area is 49.2 Å². The fourth-order valence-corrected chi connectivity index (χ4v) is 0.339. The van der Waals surface area contributed by atoms with E-state index in [4.69, 9.17) is 10.8 Å². The Morgan fingerprint density at radius 1 is 1.67 bits per heavy atom. The number of aromatic nitrogens is 2. The van der Waals surface area contributed by atoms with Crippen molar-refractivity contribution in [1.29, 1.82) is 0 Å². The normalized spacial score (nSPS) is 9.33. The Bertz CT molecular complexity index is 230. The fourth-order valence-electron chi connectivity index (χ4n) is 0.339. The van der Waals surface area contributed by atoms with Crippen LogP contribution in [0.15, 0.2) is 4.63 Å². The average Bonchev–Trinajstić information content (AvgIpc) is 2.13. The second-order valence-corrected chi connectivity index (χ2v) is 1.30. The number of hydrogen-bond donors (Lipinski definition) is 2. The van der Waals surface area contributed by atoms with Gasteiger partial charge in [-0.05, 0) is 10.3 Å². The third-order valence-electron chi connectivity index (χ3n) is 0.705. The van der Waals surface area contributed by atoms with E-state index < -0.39 is 11.8 Å². The first-order chi connectivity index (χ1) is 4.22. The molecule has 9 heavy (non-hydrogen) atoms. The van der Waals surface area contributed by atoms with Crippen molar-refractivity contribution in [3.8, 4) is 5.88 Å². The molecule has 6 heteroatoms. The van der Waals surface area contributed by atoms with Crippen molar-refractivity contribution in [2.75, 3.05) is 0 Å². The lowest BCUT2D eigenvalue weighted by Crippen LogP contribution is -2.11. The van der Waals surface area contributed by atoms with E-state index in [-0.39, 0.29) is 5.69 Å². The highest BCUT2D eigenvalue weighted by molar-refractivity contribution is 5.92. The second-order valence-electron chi connectivity index (χ2n) is 1.30. The molecule has 0 radical (unpaired) electrons. The first-order valence-corrected chi connectivity index (χ1v) is 2.03. The molecule has 3 N–H and O–H groups in total. The van der Waals surface area contributed by atoms with Gasteiger partial charge in [0.25, 0.3) is 11.8 Å². The van der Waals surface area contributed by atoms with Gasteiger partial charge in [-0.15, -0.1) is 0 Å². The third kappa shape index (κ3) is 0.809. The predicted molar refractivity (Wildman–Crippen MR) is 24.5 cm³/mol. The second kappa shape index (κ2) is 1.73. The average molecular weight is 129 g/mol. The van der Waals surface area contributed by atoms with Crippen molar-refractivity contribution >= 4 is 5.91 Å². The van der Waals surface area contributed by atoms with Crippen LogP contribution < -0.4 is 5.73 Å². The lowest BCUT2D eigenvalue weighted by Gasteiger charge is -1.80. The molecule has 0 aliphatic rings. The molecule has 0 aromatic carbocycles. The van der Waals surface area contributed by atoms with Crippen LogP contribution in [0.1, 0.15) is 10.5 Å². The number of nitrogens with zero attached hydrogens (tertiary/aromatic N) is 2. The maximum absolute atomic E-state index is 10.2. The first kappa shape index (κ1) is 5.54. The van der Waals surface area contributed by atoms with Gasteiger partial charge in [-0.3, -0.25) is 4.79 Å². The summed E-state index contributed by atoms with van der Waals surface area (Å²) in [6.07, 6.45) is 0. The summed E-state index contributed by atoms with van der Waals surface area (Å²) in [6, 6.07) is 0. The maximum Gasteiger partial charge on any atom is 0.286 e. The van der Waals surface area contributed by atoms with Crippen LogP contribution >= 0.6 is 0 Å². The van der Waals surface area contributed by atoms with Gasteiger partial charge in [0.05, 0.1) is 0 Å². The van der Waals surface area contributed by atoms with E-state index in [0.717, 1.165) is 0 Å². The minimum atomic E-state index is -0.867. The SMILES string of the molecule is NC(=O)c1nonc1O. The molecule has 0 saturated carbocycles. The Kier molecular flexibility index (Phi) is 1.07. The summed E-state index contributed by atoms with van der Waals surface area (Å²) < 4.78 is 3.96.